The maximum Gasteiger partial charge on any atom is 0.317 e. The quantitative estimate of drug-likeness (QED) is 0.785. The van der Waals surface area contributed by atoms with Gasteiger partial charge < -0.3 is 9.63 Å². The second-order valence-corrected chi connectivity index (χ2v) is 5.33. The average molecular weight is 251 g/mol. The van der Waals surface area contributed by atoms with Crippen molar-refractivity contribution in [1.29, 1.82) is 0 Å². The first kappa shape index (κ1) is 11.6. The Balaban J connectivity index is 1.59. The molecule has 2 aliphatic rings. The summed E-state index contributed by atoms with van der Waals surface area (Å²) in [7, 11) is 0. The van der Waals surface area contributed by atoms with Crippen molar-refractivity contribution in [3.05, 3.63) is 11.7 Å². The first-order valence-corrected chi connectivity index (χ1v) is 6.47. The van der Waals surface area contributed by atoms with E-state index in [4.69, 9.17) is 9.63 Å². The molecule has 3 rings (SSSR count). The lowest BCUT2D eigenvalue weighted by atomic mass is 10.3. The van der Waals surface area contributed by atoms with Crippen molar-refractivity contribution in [2.24, 2.45) is 5.92 Å². The predicted molar refractivity (Wildman–Crippen MR) is 61.9 cm³/mol. The fourth-order valence-corrected chi connectivity index (χ4v) is 2.07. The van der Waals surface area contributed by atoms with Gasteiger partial charge in [0.1, 0.15) is 0 Å². The zero-order chi connectivity index (χ0) is 12.5. The van der Waals surface area contributed by atoms with Crippen LogP contribution < -0.4 is 0 Å². The van der Waals surface area contributed by atoms with Gasteiger partial charge in [0.15, 0.2) is 5.82 Å². The summed E-state index contributed by atoms with van der Waals surface area (Å²) in [5.74, 6) is 1.64. The van der Waals surface area contributed by atoms with E-state index in [0.717, 1.165) is 25.2 Å². The highest BCUT2D eigenvalue weighted by Crippen LogP contribution is 2.38. The van der Waals surface area contributed by atoms with E-state index >= 15 is 0 Å². The minimum absolute atomic E-state index is 0.0393. The summed E-state index contributed by atoms with van der Waals surface area (Å²) >= 11 is 0. The normalized spacial score (nSPS) is 19.4. The molecule has 0 unspecified atom stereocenters. The van der Waals surface area contributed by atoms with Gasteiger partial charge in [-0.3, -0.25) is 9.69 Å². The van der Waals surface area contributed by atoms with Gasteiger partial charge >= 0.3 is 5.97 Å². The molecule has 1 aromatic heterocycles. The molecule has 6 heteroatoms. The van der Waals surface area contributed by atoms with Crippen molar-refractivity contribution in [2.45, 2.75) is 38.1 Å². The number of nitrogens with zero attached hydrogens (tertiary/aromatic N) is 3. The molecular weight excluding hydrogens is 234 g/mol. The maximum atomic E-state index is 10.8. The Hall–Kier alpha value is -1.43. The van der Waals surface area contributed by atoms with Gasteiger partial charge in [-0.1, -0.05) is 5.16 Å². The zero-order valence-electron chi connectivity index (χ0n) is 10.2. The van der Waals surface area contributed by atoms with E-state index in [9.17, 15) is 4.79 Å². The molecule has 18 heavy (non-hydrogen) atoms. The fourth-order valence-electron chi connectivity index (χ4n) is 2.07. The van der Waals surface area contributed by atoms with E-state index in [2.05, 4.69) is 10.1 Å². The maximum absolute atomic E-state index is 10.8. The van der Waals surface area contributed by atoms with Gasteiger partial charge in [-0.25, -0.2) is 0 Å². The van der Waals surface area contributed by atoms with Gasteiger partial charge in [-0.05, 0) is 31.6 Å². The smallest absolute Gasteiger partial charge is 0.317 e. The minimum atomic E-state index is -0.808. The molecule has 0 radical (unpaired) electrons. The van der Waals surface area contributed by atoms with E-state index < -0.39 is 5.97 Å². The molecule has 0 saturated heterocycles. The van der Waals surface area contributed by atoms with Crippen LogP contribution in [-0.4, -0.2) is 39.2 Å². The lowest BCUT2D eigenvalue weighted by Crippen LogP contribution is -2.31. The van der Waals surface area contributed by atoms with Gasteiger partial charge in [-0.2, -0.15) is 4.98 Å². The predicted octanol–water partition coefficient (Wildman–Crippen LogP) is 1.24. The summed E-state index contributed by atoms with van der Waals surface area (Å²) in [5.41, 5.74) is 0. The third-order valence-electron chi connectivity index (χ3n) is 3.36. The molecule has 0 aliphatic heterocycles. The Labute approximate surface area is 105 Å². The van der Waals surface area contributed by atoms with Crippen LogP contribution in [0.1, 0.15) is 43.3 Å². The third-order valence-corrected chi connectivity index (χ3v) is 3.36. The number of hydrogen-bond donors (Lipinski definition) is 1. The standard InChI is InChI=1S/C12H17N3O3/c16-11(17)7-15(5-8-1-2-8)6-10-13-12(14-18-10)9-3-4-9/h8-9H,1-7H2,(H,16,17). The molecule has 0 atom stereocenters. The number of carboxylic acid groups (broad SMARTS) is 1. The average Bonchev–Trinajstić information content (AvgIpc) is 3.20. The number of aromatic nitrogens is 2. The molecule has 1 aromatic rings. The van der Waals surface area contributed by atoms with Gasteiger partial charge in [0, 0.05) is 12.5 Å². The Morgan fingerprint density at radius 2 is 2.17 bits per heavy atom. The SMILES string of the molecule is O=C(O)CN(Cc1nc(C2CC2)no1)CC1CC1. The van der Waals surface area contributed by atoms with Crippen LogP contribution in [0.2, 0.25) is 0 Å². The molecule has 2 fully saturated rings. The minimum Gasteiger partial charge on any atom is -0.480 e. The number of aliphatic carboxylic acids is 1. The topological polar surface area (TPSA) is 79.5 Å². The Morgan fingerprint density at radius 3 is 2.78 bits per heavy atom. The third kappa shape index (κ3) is 3.07. The summed E-state index contributed by atoms with van der Waals surface area (Å²) in [6.07, 6.45) is 4.68. The molecule has 1 N–H and O–H groups in total. The van der Waals surface area contributed by atoms with Crippen molar-refractivity contribution in [1.82, 2.24) is 15.0 Å². The second kappa shape index (κ2) is 4.68. The molecule has 0 bridgehead atoms. The zero-order valence-corrected chi connectivity index (χ0v) is 10.2. The van der Waals surface area contributed by atoms with Gasteiger partial charge in [0.05, 0.1) is 13.1 Å². The first-order chi connectivity index (χ1) is 8.70. The number of carbonyl (C=O) groups is 1. The van der Waals surface area contributed by atoms with E-state index in [1.54, 1.807) is 0 Å². The van der Waals surface area contributed by atoms with Crippen LogP contribution in [0.5, 0.6) is 0 Å². The summed E-state index contributed by atoms with van der Waals surface area (Å²) in [5, 5.41) is 12.8. The van der Waals surface area contributed by atoms with E-state index in [1.807, 2.05) is 4.90 Å². The van der Waals surface area contributed by atoms with Crippen molar-refractivity contribution in [3.8, 4) is 0 Å². The highest BCUT2D eigenvalue weighted by Gasteiger charge is 2.30. The van der Waals surface area contributed by atoms with E-state index in [-0.39, 0.29) is 6.54 Å². The molecule has 0 aromatic carbocycles. The van der Waals surface area contributed by atoms with Crippen LogP contribution in [0.15, 0.2) is 4.52 Å². The van der Waals surface area contributed by atoms with Crippen LogP contribution in [-0.2, 0) is 11.3 Å². The van der Waals surface area contributed by atoms with Crippen LogP contribution in [0, 0.1) is 5.92 Å². The molecule has 6 nitrogen and oxygen atoms in total. The fraction of sp³-hybridized carbons (Fsp3) is 0.750. The molecule has 1 heterocycles. The molecule has 0 spiro atoms. The molecule has 98 valence electrons. The number of hydrogen-bond acceptors (Lipinski definition) is 5. The highest BCUT2D eigenvalue weighted by molar-refractivity contribution is 5.69. The Bertz CT molecular complexity index is 438. The van der Waals surface area contributed by atoms with Crippen molar-refractivity contribution in [2.75, 3.05) is 13.1 Å². The van der Waals surface area contributed by atoms with Crippen LogP contribution in [0.3, 0.4) is 0 Å². The lowest BCUT2D eigenvalue weighted by Gasteiger charge is -2.17. The molecule has 2 aliphatic carbocycles. The van der Waals surface area contributed by atoms with E-state index in [1.165, 1.54) is 12.8 Å². The Kier molecular flexibility index (Phi) is 3.03. The monoisotopic (exact) mass is 251 g/mol. The Morgan fingerprint density at radius 1 is 1.39 bits per heavy atom. The summed E-state index contributed by atoms with van der Waals surface area (Å²) in [6, 6.07) is 0. The number of rotatable bonds is 7. The largest absolute Gasteiger partial charge is 0.480 e. The van der Waals surface area contributed by atoms with Crippen molar-refractivity contribution in [3.63, 3.8) is 0 Å². The molecule has 0 amide bonds. The van der Waals surface area contributed by atoms with E-state index in [0.29, 0.717) is 24.3 Å². The van der Waals surface area contributed by atoms with Gasteiger partial charge in [0.25, 0.3) is 0 Å². The van der Waals surface area contributed by atoms with Crippen LogP contribution in [0.25, 0.3) is 0 Å². The number of carboxylic acids is 1. The molecular formula is C12H17N3O3. The second-order valence-electron chi connectivity index (χ2n) is 5.33. The van der Waals surface area contributed by atoms with Crippen molar-refractivity contribution < 1.29 is 14.4 Å². The first-order valence-electron chi connectivity index (χ1n) is 6.47. The highest BCUT2D eigenvalue weighted by atomic mass is 16.5. The van der Waals surface area contributed by atoms with Crippen molar-refractivity contribution >= 4 is 5.97 Å². The summed E-state index contributed by atoms with van der Waals surface area (Å²) in [4.78, 5) is 17.0. The summed E-state index contributed by atoms with van der Waals surface area (Å²) in [6.45, 7) is 1.30. The van der Waals surface area contributed by atoms with Gasteiger partial charge in [0.2, 0.25) is 5.89 Å². The summed E-state index contributed by atoms with van der Waals surface area (Å²) < 4.78 is 5.18. The van der Waals surface area contributed by atoms with Crippen LogP contribution in [0.4, 0.5) is 0 Å². The van der Waals surface area contributed by atoms with Crippen LogP contribution >= 0.6 is 0 Å². The van der Waals surface area contributed by atoms with Gasteiger partial charge in [-0.15, -0.1) is 0 Å². The molecule has 2 saturated carbocycles. The lowest BCUT2D eigenvalue weighted by molar-refractivity contribution is -0.138.